The Morgan fingerprint density at radius 2 is 1.80 bits per heavy atom. The Morgan fingerprint density at radius 1 is 1.16 bits per heavy atom. The molecule has 0 aliphatic rings. The van der Waals surface area contributed by atoms with Crippen LogP contribution in [0.4, 0.5) is 10.1 Å². The first-order valence-electron chi connectivity index (χ1n) is 6.72. The molecule has 0 radical (unpaired) electrons. The van der Waals surface area contributed by atoms with Gasteiger partial charge in [0.1, 0.15) is 10.7 Å². The minimum absolute atomic E-state index is 0.136. The second-order valence-corrected chi connectivity index (χ2v) is 6.76. The van der Waals surface area contributed by atoms with E-state index in [1.54, 1.807) is 0 Å². The Kier molecular flexibility index (Phi) is 5.73. The minimum atomic E-state index is -4.11. The van der Waals surface area contributed by atoms with Crippen LogP contribution in [0.2, 0.25) is 5.02 Å². The molecule has 2 aromatic rings. The van der Waals surface area contributed by atoms with Gasteiger partial charge >= 0.3 is 5.97 Å². The number of amides is 1. The van der Waals surface area contributed by atoms with Crippen LogP contribution in [0.3, 0.4) is 0 Å². The van der Waals surface area contributed by atoms with Crippen molar-refractivity contribution in [2.75, 3.05) is 11.9 Å². The van der Waals surface area contributed by atoms with Crippen molar-refractivity contribution in [2.45, 2.75) is 4.90 Å². The van der Waals surface area contributed by atoms with Crippen LogP contribution in [-0.2, 0) is 19.6 Å². The first-order chi connectivity index (χ1) is 11.7. The van der Waals surface area contributed by atoms with E-state index in [0.717, 1.165) is 18.2 Å². The summed E-state index contributed by atoms with van der Waals surface area (Å²) in [5, 5.41) is 7.25. The predicted octanol–water partition coefficient (Wildman–Crippen LogP) is 1.92. The number of esters is 1. The van der Waals surface area contributed by atoms with E-state index < -0.39 is 39.2 Å². The van der Waals surface area contributed by atoms with Crippen molar-refractivity contribution >= 4 is 39.2 Å². The summed E-state index contributed by atoms with van der Waals surface area (Å²) in [4.78, 5) is 23.2. The molecule has 2 rings (SSSR count). The summed E-state index contributed by atoms with van der Waals surface area (Å²) in [6, 6.07) is 8.36. The van der Waals surface area contributed by atoms with E-state index in [2.05, 4.69) is 5.32 Å². The summed E-state index contributed by atoms with van der Waals surface area (Å²) in [5.41, 5.74) is 0.188. The molecule has 0 saturated carbocycles. The van der Waals surface area contributed by atoms with Crippen LogP contribution in [-0.4, -0.2) is 26.9 Å². The summed E-state index contributed by atoms with van der Waals surface area (Å²) in [6.45, 7) is -0.621. The van der Waals surface area contributed by atoms with Gasteiger partial charge in [-0.05, 0) is 42.5 Å². The molecule has 1 amide bonds. The third-order valence-electron chi connectivity index (χ3n) is 2.94. The van der Waals surface area contributed by atoms with E-state index in [1.165, 1.54) is 24.3 Å². The lowest BCUT2D eigenvalue weighted by Crippen LogP contribution is -2.21. The normalized spacial score (nSPS) is 11.0. The molecule has 25 heavy (non-hydrogen) atoms. The summed E-state index contributed by atoms with van der Waals surface area (Å²) >= 11 is 5.71. The Bertz CT molecular complexity index is 916. The molecule has 0 aliphatic carbocycles. The smallest absolute Gasteiger partial charge is 0.338 e. The van der Waals surface area contributed by atoms with Gasteiger partial charge in [0.2, 0.25) is 10.0 Å². The van der Waals surface area contributed by atoms with Gasteiger partial charge in [0.05, 0.1) is 10.6 Å². The molecule has 0 aromatic heterocycles. The average molecular weight is 387 g/mol. The highest BCUT2D eigenvalue weighted by Crippen LogP contribution is 2.21. The van der Waals surface area contributed by atoms with Crippen LogP contribution in [0.5, 0.6) is 0 Å². The van der Waals surface area contributed by atoms with Gasteiger partial charge in [-0.2, -0.15) is 0 Å². The Hall–Kier alpha value is -2.49. The van der Waals surface area contributed by atoms with Gasteiger partial charge in [0.25, 0.3) is 5.91 Å². The molecule has 0 spiro atoms. The van der Waals surface area contributed by atoms with Crippen LogP contribution in [0.15, 0.2) is 47.4 Å². The number of ether oxygens (including phenoxy) is 1. The summed E-state index contributed by atoms with van der Waals surface area (Å²) < 4.78 is 40.3. The molecule has 0 atom stereocenters. The van der Waals surface area contributed by atoms with Gasteiger partial charge in [-0.3, -0.25) is 4.79 Å². The van der Waals surface area contributed by atoms with Gasteiger partial charge in [-0.15, -0.1) is 0 Å². The second kappa shape index (κ2) is 7.60. The van der Waals surface area contributed by atoms with Gasteiger partial charge in [-0.1, -0.05) is 11.6 Å². The number of anilines is 1. The third kappa shape index (κ3) is 5.24. The number of rotatable bonds is 5. The maximum absolute atomic E-state index is 12.8. The van der Waals surface area contributed by atoms with E-state index in [0.29, 0.717) is 5.69 Å². The number of sulfonamides is 1. The van der Waals surface area contributed by atoms with Crippen LogP contribution >= 0.6 is 11.6 Å². The molecule has 0 unspecified atom stereocenters. The number of carbonyl (C=O) groups is 2. The number of nitrogens with two attached hydrogens (primary N) is 1. The molecular weight excluding hydrogens is 375 g/mol. The van der Waals surface area contributed by atoms with Gasteiger partial charge in [0, 0.05) is 5.69 Å². The fraction of sp³-hybridized carbons (Fsp3) is 0.0667. The standard InChI is InChI=1S/C15H12ClFN2O5S/c16-12-6-1-9(7-13(12)25(18,22)23)15(21)24-8-14(20)19-11-4-2-10(17)3-5-11/h1-7H,8H2,(H,19,20)(H2,18,22,23). The maximum Gasteiger partial charge on any atom is 0.338 e. The minimum Gasteiger partial charge on any atom is -0.452 e. The first-order valence-corrected chi connectivity index (χ1v) is 8.64. The van der Waals surface area contributed by atoms with Crippen molar-refractivity contribution in [1.82, 2.24) is 0 Å². The lowest BCUT2D eigenvalue weighted by molar-refractivity contribution is -0.119. The zero-order chi connectivity index (χ0) is 18.6. The third-order valence-corrected chi connectivity index (χ3v) is 4.33. The number of hydrogen-bond donors (Lipinski definition) is 2. The number of hydrogen-bond acceptors (Lipinski definition) is 5. The molecule has 3 N–H and O–H groups in total. The zero-order valence-electron chi connectivity index (χ0n) is 12.5. The molecule has 10 heteroatoms. The number of carbonyl (C=O) groups excluding carboxylic acids is 2. The predicted molar refractivity (Wildman–Crippen MR) is 88.1 cm³/mol. The van der Waals surface area contributed by atoms with Crippen LogP contribution in [0, 0.1) is 5.82 Å². The Morgan fingerprint density at radius 3 is 2.40 bits per heavy atom. The SMILES string of the molecule is NS(=O)(=O)c1cc(C(=O)OCC(=O)Nc2ccc(F)cc2)ccc1Cl. The monoisotopic (exact) mass is 386 g/mol. The van der Waals surface area contributed by atoms with Gasteiger partial charge in [0.15, 0.2) is 6.61 Å². The number of primary sulfonamides is 1. The fourth-order valence-electron chi connectivity index (χ4n) is 1.79. The van der Waals surface area contributed by atoms with Crippen molar-refractivity contribution in [1.29, 1.82) is 0 Å². The Labute approximate surface area is 147 Å². The van der Waals surface area contributed by atoms with E-state index in [-0.39, 0.29) is 10.6 Å². The van der Waals surface area contributed by atoms with Crippen LogP contribution in [0.25, 0.3) is 0 Å². The number of halogens is 2. The topological polar surface area (TPSA) is 116 Å². The molecule has 7 nitrogen and oxygen atoms in total. The highest BCUT2D eigenvalue weighted by molar-refractivity contribution is 7.89. The van der Waals surface area contributed by atoms with Crippen LogP contribution < -0.4 is 10.5 Å². The second-order valence-electron chi connectivity index (χ2n) is 4.82. The highest BCUT2D eigenvalue weighted by atomic mass is 35.5. The van der Waals surface area contributed by atoms with Crippen molar-refractivity contribution < 1.29 is 27.1 Å². The molecule has 2 aromatic carbocycles. The maximum atomic E-state index is 12.8. The summed E-state index contributed by atoms with van der Waals surface area (Å²) in [5.74, 6) is -2.05. The van der Waals surface area contributed by atoms with Crippen molar-refractivity contribution in [3.8, 4) is 0 Å². The molecule has 132 valence electrons. The van der Waals surface area contributed by atoms with E-state index in [9.17, 15) is 22.4 Å². The van der Waals surface area contributed by atoms with Crippen LogP contribution in [0.1, 0.15) is 10.4 Å². The Balaban J connectivity index is 2.00. The van der Waals surface area contributed by atoms with Gasteiger partial charge < -0.3 is 10.1 Å². The van der Waals surface area contributed by atoms with Crippen molar-refractivity contribution in [3.63, 3.8) is 0 Å². The first kappa shape index (κ1) is 18.8. The van der Waals surface area contributed by atoms with Crippen molar-refractivity contribution in [3.05, 3.63) is 58.9 Å². The molecule has 0 saturated heterocycles. The molecule has 0 fully saturated rings. The lowest BCUT2D eigenvalue weighted by Gasteiger charge is -2.08. The summed E-state index contributed by atoms with van der Waals surface area (Å²) in [6.07, 6.45) is 0. The molecule has 0 aliphatic heterocycles. The fourth-order valence-corrected chi connectivity index (χ4v) is 2.86. The van der Waals surface area contributed by atoms with E-state index in [1.807, 2.05) is 0 Å². The molecule has 0 bridgehead atoms. The number of benzene rings is 2. The largest absolute Gasteiger partial charge is 0.452 e. The van der Waals surface area contributed by atoms with E-state index >= 15 is 0 Å². The molecule has 0 heterocycles. The van der Waals surface area contributed by atoms with E-state index in [4.69, 9.17) is 21.5 Å². The summed E-state index contributed by atoms with van der Waals surface area (Å²) in [7, 11) is -4.11. The highest BCUT2D eigenvalue weighted by Gasteiger charge is 2.18. The van der Waals surface area contributed by atoms with Crippen molar-refractivity contribution in [2.24, 2.45) is 5.14 Å². The molecular formula is C15H12ClFN2O5S. The average Bonchev–Trinajstić information content (AvgIpc) is 2.54. The quantitative estimate of drug-likeness (QED) is 0.761. The number of nitrogens with one attached hydrogen (secondary N) is 1. The zero-order valence-corrected chi connectivity index (χ0v) is 14.1. The van der Waals surface area contributed by atoms with Gasteiger partial charge in [-0.25, -0.2) is 22.7 Å². The lowest BCUT2D eigenvalue weighted by atomic mass is 10.2.